The van der Waals surface area contributed by atoms with Crippen LogP contribution in [0.25, 0.3) is 0 Å². The van der Waals surface area contributed by atoms with Crippen molar-refractivity contribution in [3.05, 3.63) is 0 Å². The molecule has 5 nitrogen and oxygen atoms in total. The van der Waals surface area contributed by atoms with Crippen molar-refractivity contribution in [1.29, 1.82) is 0 Å². The van der Waals surface area contributed by atoms with E-state index in [2.05, 4.69) is 0 Å². The summed E-state index contributed by atoms with van der Waals surface area (Å²) in [5, 5.41) is -0.114. The molecule has 3 fully saturated rings. The van der Waals surface area contributed by atoms with E-state index < -0.39 is 10.0 Å². The summed E-state index contributed by atoms with van der Waals surface area (Å²) in [5.74, 6) is 0. The van der Waals surface area contributed by atoms with Gasteiger partial charge in [-0.05, 0) is 12.8 Å². The third-order valence-electron chi connectivity index (χ3n) is 3.11. The van der Waals surface area contributed by atoms with Crippen molar-refractivity contribution in [3.63, 3.8) is 0 Å². The van der Waals surface area contributed by atoms with Gasteiger partial charge in [-0.15, -0.1) is 0 Å². The lowest BCUT2D eigenvalue weighted by Gasteiger charge is -2.40. The van der Waals surface area contributed by atoms with Gasteiger partial charge in [-0.2, -0.15) is 4.31 Å². The Morgan fingerprint density at radius 2 is 1.67 bits per heavy atom. The summed E-state index contributed by atoms with van der Waals surface area (Å²) in [4.78, 5) is 0. The minimum atomic E-state index is -3.03. The maximum absolute atomic E-state index is 12.0. The van der Waals surface area contributed by atoms with Gasteiger partial charge in [0, 0.05) is 13.1 Å². The highest BCUT2D eigenvalue weighted by molar-refractivity contribution is 7.90. The average Bonchev–Trinajstić information content (AvgIpc) is 3.00. The summed E-state index contributed by atoms with van der Waals surface area (Å²) < 4.78 is 36.6. The lowest BCUT2D eigenvalue weighted by Crippen LogP contribution is -2.56. The first-order valence-electron chi connectivity index (χ1n) is 5.38. The highest BCUT2D eigenvalue weighted by Crippen LogP contribution is 2.33. The topological polar surface area (TPSA) is 55.8 Å². The van der Waals surface area contributed by atoms with Gasteiger partial charge in [-0.3, -0.25) is 0 Å². The molecule has 6 heteroatoms. The Hall–Kier alpha value is -0.170. The summed E-state index contributed by atoms with van der Waals surface area (Å²) in [6, 6.07) is 0. The predicted octanol–water partition coefficient (Wildman–Crippen LogP) is -0.422. The van der Waals surface area contributed by atoms with Crippen LogP contribution < -0.4 is 0 Å². The molecular formula is C9H15NO4S. The van der Waals surface area contributed by atoms with E-state index in [0.29, 0.717) is 26.3 Å². The maximum atomic E-state index is 12.0. The molecular weight excluding hydrogens is 218 g/mol. The molecule has 0 aromatic carbocycles. The third-order valence-corrected chi connectivity index (χ3v) is 5.44. The molecule has 0 spiro atoms. The van der Waals surface area contributed by atoms with Crippen molar-refractivity contribution in [2.75, 3.05) is 26.3 Å². The Morgan fingerprint density at radius 1 is 1.07 bits per heavy atom. The standard InChI is InChI=1S/C9H15NO4S/c11-15(12,9-1-2-9)10-3-7-5-13-6-8(4-10)14-7/h7-9H,1-6H2. The number of nitrogens with zero attached hydrogens (tertiary/aromatic N) is 1. The van der Waals surface area contributed by atoms with Crippen LogP contribution >= 0.6 is 0 Å². The fraction of sp³-hybridized carbons (Fsp3) is 1.00. The number of hydrogen-bond acceptors (Lipinski definition) is 4. The molecule has 2 unspecified atom stereocenters. The summed E-state index contributed by atoms with van der Waals surface area (Å²) in [6.45, 7) is 1.98. The third kappa shape index (κ3) is 1.80. The first kappa shape index (κ1) is 10.0. The minimum absolute atomic E-state index is 0.0639. The lowest BCUT2D eigenvalue weighted by atomic mass is 10.2. The van der Waals surface area contributed by atoms with Crippen LogP contribution in [0.2, 0.25) is 0 Å². The molecule has 3 rings (SSSR count). The van der Waals surface area contributed by atoms with Crippen molar-refractivity contribution in [1.82, 2.24) is 4.31 Å². The Bertz CT molecular complexity index is 339. The van der Waals surface area contributed by atoms with E-state index >= 15 is 0 Å². The van der Waals surface area contributed by atoms with Gasteiger partial charge < -0.3 is 9.47 Å². The van der Waals surface area contributed by atoms with E-state index in [-0.39, 0.29) is 17.5 Å². The molecule has 0 amide bonds. The highest BCUT2D eigenvalue weighted by Gasteiger charge is 2.44. The number of rotatable bonds is 2. The smallest absolute Gasteiger partial charge is 0.217 e. The van der Waals surface area contributed by atoms with Crippen LogP contribution in [-0.4, -0.2) is 56.5 Å². The molecule has 86 valence electrons. The molecule has 1 saturated carbocycles. The van der Waals surface area contributed by atoms with Crippen LogP contribution in [0.15, 0.2) is 0 Å². The summed E-state index contributed by atoms with van der Waals surface area (Å²) in [6.07, 6.45) is 1.52. The number of sulfonamides is 1. The monoisotopic (exact) mass is 233 g/mol. The van der Waals surface area contributed by atoms with Gasteiger partial charge in [0.2, 0.25) is 10.0 Å². The van der Waals surface area contributed by atoms with Crippen molar-refractivity contribution < 1.29 is 17.9 Å². The first-order chi connectivity index (χ1) is 7.16. The molecule has 15 heavy (non-hydrogen) atoms. The SMILES string of the molecule is O=S(=O)(C1CC1)N1CC2COCC(C1)O2. The summed E-state index contributed by atoms with van der Waals surface area (Å²) in [5.41, 5.74) is 0. The molecule has 2 heterocycles. The largest absolute Gasteiger partial charge is 0.376 e. The highest BCUT2D eigenvalue weighted by atomic mass is 32.2. The van der Waals surface area contributed by atoms with Gasteiger partial charge in [0.1, 0.15) is 0 Å². The van der Waals surface area contributed by atoms with Crippen molar-refractivity contribution in [2.45, 2.75) is 30.3 Å². The Kier molecular flexibility index (Phi) is 2.28. The van der Waals surface area contributed by atoms with Crippen molar-refractivity contribution in [2.24, 2.45) is 0 Å². The van der Waals surface area contributed by atoms with E-state index in [9.17, 15) is 8.42 Å². The average molecular weight is 233 g/mol. The van der Waals surface area contributed by atoms with E-state index in [1.165, 1.54) is 0 Å². The molecule has 0 N–H and O–H groups in total. The van der Waals surface area contributed by atoms with E-state index in [0.717, 1.165) is 12.8 Å². The van der Waals surface area contributed by atoms with Gasteiger partial charge in [0.15, 0.2) is 0 Å². The van der Waals surface area contributed by atoms with E-state index in [4.69, 9.17) is 9.47 Å². The zero-order chi connectivity index (χ0) is 10.5. The fourth-order valence-electron chi connectivity index (χ4n) is 2.19. The van der Waals surface area contributed by atoms with Gasteiger partial charge in [-0.25, -0.2) is 8.42 Å². The summed E-state index contributed by atoms with van der Waals surface area (Å²) >= 11 is 0. The minimum Gasteiger partial charge on any atom is -0.376 e. The molecule has 2 bridgehead atoms. The molecule has 1 aliphatic carbocycles. The van der Waals surface area contributed by atoms with Gasteiger partial charge >= 0.3 is 0 Å². The Morgan fingerprint density at radius 3 is 2.20 bits per heavy atom. The van der Waals surface area contributed by atoms with Crippen LogP contribution in [0, 0.1) is 0 Å². The normalized spacial score (nSPS) is 37.9. The van der Waals surface area contributed by atoms with Crippen LogP contribution in [0.3, 0.4) is 0 Å². The summed E-state index contributed by atoms with van der Waals surface area (Å²) in [7, 11) is -3.03. The zero-order valence-corrected chi connectivity index (χ0v) is 9.28. The predicted molar refractivity (Wildman–Crippen MR) is 53.0 cm³/mol. The Balaban J connectivity index is 1.77. The van der Waals surface area contributed by atoms with E-state index in [1.807, 2.05) is 0 Å². The molecule has 0 aromatic rings. The van der Waals surface area contributed by atoms with Crippen LogP contribution in [0.4, 0.5) is 0 Å². The molecule has 3 aliphatic rings. The molecule has 2 aliphatic heterocycles. The van der Waals surface area contributed by atoms with Crippen molar-refractivity contribution in [3.8, 4) is 0 Å². The zero-order valence-electron chi connectivity index (χ0n) is 8.46. The van der Waals surface area contributed by atoms with Crippen LogP contribution in [-0.2, 0) is 19.5 Å². The second-order valence-corrected chi connectivity index (χ2v) is 6.69. The quantitative estimate of drug-likeness (QED) is 0.650. The maximum Gasteiger partial charge on any atom is 0.217 e. The second kappa shape index (κ2) is 3.41. The number of hydrogen-bond donors (Lipinski definition) is 0. The molecule has 0 radical (unpaired) electrons. The van der Waals surface area contributed by atoms with Crippen molar-refractivity contribution >= 4 is 10.0 Å². The first-order valence-corrected chi connectivity index (χ1v) is 6.89. The van der Waals surface area contributed by atoms with Gasteiger partial charge in [0.05, 0.1) is 30.7 Å². The molecule has 2 atom stereocenters. The number of fused-ring (bicyclic) bond motifs is 2. The number of morpholine rings is 1. The molecule has 0 aromatic heterocycles. The lowest BCUT2D eigenvalue weighted by molar-refractivity contribution is -0.166. The van der Waals surface area contributed by atoms with Gasteiger partial charge in [0.25, 0.3) is 0 Å². The van der Waals surface area contributed by atoms with Crippen LogP contribution in [0.5, 0.6) is 0 Å². The fourth-order valence-corrected chi connectivity index (χ4v) is 4.09. The van der Waals surface area contributed by atoms with E-state index in [1.54, 1.807) is 4.31 Å². The number of ether oxygens (including phenoxy) is 2. The van der Waals surface area contributed by atoms with Gasteiger partial charge in [-0.1, -0.05) is 0 Å². The second-order valence-electron chi connectivity index (χ2n) is 4.48. The van der Waals surface area contributed by atoms with Crippen LogP contribution in [0.1, 0.15) is 12.8 Å². The molecule has 2 saturated heterocycles. The Labute approximate surface area is 89.4 Å².